The minimum atomic E-state index is -3.99. The Bertz CT molecular complexity index is 383. The molecule has 2 atom stereocenters. The molecule has 0 aromatic carbocycles. The highest BCUT2D eigenvalue weighted by atomic mass is 31.2. The number of amides is 1. The Labute approximate surface area is 120 Å². The van der Waals surface area contributed by atoms with Crippen LogP contribution in [0.4, 0.5) is 0 Å². The van der Waals surface area contributed by atoms with Gasteiger partial charge in [0.2, 0.25) is 5.91 Å². The van der Waals surface area contributed by atoms with Crippen molar-refractivity contribution in [1.29, 1.82) is 0 Å². The van der Waals surface area contributed by atoms with E-state index in [4.69, 9.17) is 9.05 Å². The minimum absolute atomic E-state index is 0.0267. The maximum atomic E-state index is 11.7. The Balaban J connectivity index is 2.26. The molecular formula is C12H26N2O5P+. The third-order valence-corrected chi connectivity index (χ3v) is 4.21. The standard InChI is InChI=1S/C12H25N2O5P/c1-11(15)13-6-5-12(9-13)10-19-20(16,17)18-8-7-14(2,3)4/h12H,5-10H2,1-4H3/p+1/t12-/m1/s1. The van der Waals surface area contributed by atoms with Crippen molar-refractivity contribution in [1.82, 2.24) is 4.90 Å². The predicted octanol–water partition coefficient (Wildman–Crippen LogP) is 0.695. The first-order valence-electron chi connectivity index (χ1n) is 6.77. The average molecular weight is 309 g/mol. The van der Waals surface area contributed by atoms with Crippen molar-refractivity contribution >= 4 is 13.7 Å². The van der Waals surface area contributed by atoms with E-state index < -0.39 is 7.82 Å². The van der Waals surface area contributed by atoms with E-state index in [-0.39, 0.29) is 25.0 Å². The van der Waals surface area contributed by atoms with E-state index in [1.807, 2.05) is 21.1 Å². The number of phosphoric acid groups is 1. The van der Waals surface area contributed by atoms with Gasteiger partial charge in [0.1, 0.15) is 13.2 Å². The fourth-order valence-electron chi connectivity index (χ4n) is 1.92. The van der Waals surface area contributed by atoms with E-state index >= 15 is 0 Å². The van der Waals surface area contributed by atoms with Crippen LogP contribution in [0.25, 0.3) is 0 Å². The third-order valence-electron chi connectivity index (χ3n) is 3.22. The lowest BCUT2D eigenvalue weighted by molar-refractivity contribution is -0.870. The topological polar surface area (TPSA) is 76.1 Å². The Morgan fingerprint density at radius 3 is 2.55 bits per heavy atom. The van der Waals surface area contributed by atoms with Crippen LogP contribution in [-0.4, -0.2) is 74.2 Å². The zero-order chi connectivity index (χ0) is 15.4. The molecule has 1 aliphatic rings. The van der Waals surface area contributed by atoms with Gasteiger partial charge in [0.25, 0.3) is 0 Å². The van der Waals surface area contributed by atoms with Gasteiger partial charge >= 0.3 is 7.82 Å². The second-order valence-electron chi connectivity index (χ2n) is 6.23. The van der Waals surface area contributed by atoms with E-state index in [0.717, 1.165) is 6.42 Å². The molecule has 0 bridgehead atoms. The number of hydrogen-bond donors (Lipinski definition) is 1. The minimum Gasteiger partial charge on any atom is -0.343 e. The highest BCUT2D eigenvalue weighted by molar-refractivity contribution is 7.47. The zero-order valence-electron chi connectivity index (χ0n) is 12.7. The Morgan fingerprint density at radius 1 is 1.40 bits per heavy atom. The summed E-state index contributed by atoms with van der Waals surface area (Å²) in [4.78, 5) is 22.5. The fourth-order valence-corrected chi connectivity index (χ4v) is 2.71. The van der Waals surface area contributed by atoms with Gasteiger partial charge in [0, 0.05) is 25.9 Å². The van der Waals surface area contributed by atoms with Gasteiger partial charge in [-0.2, -0.15) is 0 Å². The fraction of sp³-hybridized carbons (Fsp3) is 0.917. The molecule has 1 amide bonds. The number of rotatable bonds is 7. The molecule has 118 valence electrons. The van der Waals surface area contributed by atoms with Crippen molar-refractivity contribution < 1.29 is 27.8 Å². The van der Waals surface area contributed by atoms with Gasteiger partial charge in [-0.1, -0.05) is 0 Å². The molecule has 0 saturated carbocycles. The summed E-state index contributed by atoms with van der Waals surface area (Å²) >= 11 is 0. The summed E-state index contributed by atoms with van der Waals surface area (Å²) in [5.41, 5.74) is 0. The van der Waals surface area contributed by atoms with Crippen molar-refractivity contribution in [3.8, 4) is 0 Å². The molecule has 7 nitrogen and oxygen atoms in total. The highest BCUT2D eigenvalue weighted by Gasteiger charge is 2.29. The number of carbonyl (C=O) groups excluding carboxylic acids is 1. The Hall–Kier alpha value is -0.460. The molecule has 1 N–H and O–H groups in total. The lowest BCUT2D eigenvalue weighted by Gasteiger charge is -2.24. The summed E-state index contributed by atoms with van der Waals surface area (Å²) in [6.45, 7) is 3.71. The number of likely N-dealkylation sites (tertiary alicyclic amines) is 1. The first-order chi connectivity index (χ1) is 9.09. The summed E-state index contributed by atoms with van der Waals surface area (Å²) in [7, 11) is 1.93. The normalized spacial score (nSPS) is 22.9. The monoisotopic (exact) mass is 309 g/mol. The smallest absolute Gasteiger partial charge is 0.343 e. The lowest BCUT2D eigenvalue weighted by atomic mass is 10.1. The van der Waals surface area contributed by atoms with Gasteiger partial charge in [-0.3, -0.25) is 13.8 Å². The van der Waals surface area contributed by atoms with Gasteiger partial charge in [0.15, 0.2) is 0 Å². The molecule has 0 aromatic rings. The van der Waals surface area contributed by atoms with E-state index in [1.54, 1.807) is 4.90 Å². The summed E-state index contributed by atoms with van der Waals surface area (Å²) in [6.07, 6.45) is 0.790. The third kappa shape index (κ3) is 6.81. The van der Waals surface area contributed by atoms with Crippen molar-refractivity contribution in [2.45, 2.75) is 13.3 Å². The van der Waals surface area contributed by atoms with Crippen molar-refractivity contribution in [2.75, 3.05) is 54.0 Å². The van der Waals surface area contributed by atoms with Crippen molar-refractivity contribution in [3.63, 3.8) is 0 Å². The van der Waals surface area contributed by atoms with Gasteiger partial charge in [-0.05, 0) is 6.42 Å². The molecule has 0 radical (unpaired) electrons. The second kappa shape index (κ2) is 7.00. The lowest BCUT2D eigenvalue weighted by Crippen LogP contribution is -2.37. The zero-order valence-corrected chi connectivity index (χ0v) is 13.6. The molecular weight excluding hydrogens is 283 g/mol. The van der Waals surface area contributed by atoms with Crippen molar-refractivity contribution in [3.05, 3.63) is 0 Å². The van der Waals surface area contributed by atoms with Gasteiger partial charge in [0.05, 0.1) is 27.7 Å². The summed E-state index contributed by atoms with van der Waals surface area (Å²) in [6, 6.07) is 0. The van der Waals surface area contributed by atoms with Gasteiger partial charge < -0.3 is 14.3 Å². The van der Waals surface area contributed by atoms with Crippen LogP contribution in [0.3, 0.4) is 0 Å². The maximum absolute atomic E-state index is 11.7. The van der Waals surface area contributed by atoms with E-state index in [1.165, 1.54) is 6.92 Å². The van der Waals surface area contributed by atoms with E-state index in [9.17, 15) is 14.3 Å². The quantitative estimate of drug-likeness (QED) is 0.553. The summed E-state index contributed by atoms with van der Waals surface area (Å²) in [5.74, 6) is 0.125. The SMILES string of the molecule is CC(=O)N1CC[C@@H](COP(=O)(O)OCC[N+](C)(C)C)C1. The van der Waals surface area contributed by atoms with Crippen LogP contribution in [0.1, 0.15) is 13.3 Å². The number of nitrogens with zero attached hydrogens (tertiary/aromatic N) is 2. The van der Waals surface area contributed by atoms with Crippen LogP contribution in [0, 0.1) is 5.92 Å². The molecule has 1 aliphatic heterocycles. The number of quaternary nitrogens is 1. The number of carbonyl (C=O) groups is 1. The van der Waals surface area contributed by atoms with Crippen LogP contribution < -0.4 is 0 Å². The number of phosphoric ester groups is 1. The predicted molar refractivity (Wildman–Crippen MR) is 75.0 cm³/mol. The molecule has 1 unspecified atom stereocenters. The van der Waals surface area contributed by atoms with Crippen LogP contribution in [0.2, 0.25) is 0 Å². The molecule has 1 fully saturated rings. The van der Waals surface area contributed by atoms with Gasteiger partial charge in [-0.25, -0.2) is 4.57 Å². The molecule has 0 aromatic heterocycles. The van der Waals surface area contributed by atoms with E-state index in [2.05, 4.69) is 0 Å². The maximum Gasteiger partial charge on any atom is 0.472 e. The van der Waals surface area contributed by atoms with E-state index in [0.29, 0.717) is 24.1 Å². The molecule has 0 spiro atoms. The number of hydrogen-bond acceptors (Lipinski definition) is 4. The van der Waals surface area contributed by atoms with Crippen LogP contribution in [0.5, 0.6) is 0 Å². The largest absolute Gasteiger partial charge is 0.472 e. The van der Waals surface area contributed by atoms with Crippen molar-refractivity contribution in [2.24, 2.45) is 5.92 Å². The van der Waals surface area contributed by atoms with Crippen LogP contribution in [-0.2, 0) is 18.4 Å². The highest BCUT2D eigenvalue weighted by Crippen LogP contribution is 2.43. The first kappa shape index (κ1) is 17.6. The molecule has 1 heterocycles. The Morgan fingerprint density at radius 2 is 2.05 bits per heavy atom. The first-order valence-corrected chi connectivity index (χ1v) is 8.26. The average Bonchev–Trinajstić information content (AvgIpc) is 2.73. The number of likely N-dealkylation sites (N-methyl/N-ethyl adjacent to an activating group) is 1. The molecule has 1 rings (SSSR count). The molecule has 0 aliphatic carbocycles. The van der Waals surface area contributed by atoms with Gasteiger partial charge in [-0.15, -0.1) is 0 Å². The van der Waals surface area contributed by atoms with Crippen LogP contribution in [0.15, 0.2) is 0 Å². The Kier molecular flexibility index (Phi) is 6.16. The second-order valence-corrected chi connectivity index (χ2v) is 7.68. The van der Waals surface area contributed by atoms with Crippen LogP contribution >= 0.6 is 7.82 Å². The molecule has 20 heavy (non-hydrogen) atoms. The summed E-state index contributed by atoms with van der Waals surface area (Å²) < 4.78 is 22.3. The molecule has 8 heteroatoms. The molecule has 1 saturated heterocycles. The summed E-state index contributed by atoms with van der Waals surface area (Å²) in [5, 5.41) is 0.